The van der Waals surface area contributed by atoms with Crippen molar-refractivity contribution in [3.63, 3.8) is 0 Å². The first-order valence-corrected chi connectivity index (χ1v) is 30.9. The molecule has 5 heterocycles. The summed E-state index contributed by atoms with van der Waals surface area (Å²) in [7, 11) is -5.12. The van der Waals surface area contributed by atoms with Crippen molar-refractivity contribution in [1.82, 2.24) is 0 Å². The summed E-state index contributed by atoms with van der Waals surface area (Å²) in [6, 6.07) is 0. The molecule has 0 bridgehead atoms. The summed E-state index contributed by atoms with van der Waals surface area (Å²) in [5.41, 5.74) is -0.454. The van der Waals surface area contributed by atoms with E-state index in [9.17, 15) is 79.4 Å². The van der Waals surface area contributed by atoms with Crippen LogP contribution in [0.15, 0.2) is 23.3 Å². The minimum absolute atomic E-state index is 0. The van der Waals surface area contributed by atoms with E-state index in [0.29, 0.717) is 32.1 Å². The molecular formula is C56H91NaO27S. The Hall–Kier alpha value is -0.570. The van der Waals surface area contributed by atoms with Crippen LogP contribution < -0.4 is 29.6 Å². The van der Waals surface area contributed by atoms with Crippen LogP contribution in [0.3, 0.4) is 0 Å². The van der Waals surface area contributed by atoms with E-state index in [0.717, 1.165) is 11.1 Å². The molecule has 0 aromatic rings. The molecule has 5 aliphatic heterocycles. The molecule has 13 N–H and O–H groups in total. The third-order valence-electron chi connectivity index (χ3n) is 20.4. The fourth-order valence-electron chi connectivity index (χ4n) is 15.4. The van der Waals surface area contributed by atoms with Gasteiger partial charge in [0.25, 0.3) is 0 Å². The topological polar surface area (TPSA) is 422 Å². The molecule has 0 aromatic heterocycles. The van der Waals surface area contributed by atoms with E-state index in [2.05, 4.69) is 19.9 Å². The first-order valence-electron chi connectivity index (χ1n) is 29.6. The fraction of sp³-hybridized carbons (Fsp3) is 0.929. The molecular weight excluding hydrogens is 1160 g/mol. The van der Waals surface area contributed by atoms with Crippen LogP contribution in [0.2, 0.25) is 0 Å². The molecule has 27 nitrogen and oxygen atoms in total. The van der Waals surface area contributed by atoms with Crippen molar-refractivity contribution in [2.24, 2.45) is 34.5 Å². The van der Waals surface area contributed by atoms with Gasteiger partial charge in [0.2, 0.25) is 10.4 Å². The fourth-order valence-corrected chi connectivity index (χ4v) is 15.9. The molecule has 0 radical (unpaired) electrons. The summed E-state index contributed by atoms with van der Waals surface area (Å²) in [6.07, 6.45) is -34.9. The van der Waals surface area contributed by atoms with Gasteiger partial charge in [-0.25, -0.2) is 8.42 Å². The number of hydrogen-bond acceptors (Lipinski definition) is 27. The third kappa shape index (κ3) is 13.9. The second kappa shape index (κ2) is 27.2. The van der Waals surface area contributed by atoms with Crippen LogP contribution in [0.5, 0.6) is 0 Å². The number of ether oxygens (including phenoxy) is 10. The van der Waals surface area contributed by atoms with Gasteiger partial charge in [-0.15, -0.1) is 0 Å². The Balaban J connectivity index is 0.00000940. The van der Waals surface area contributed by atoms with Crippen molar-refractivity contribution in [2.45, 2.75) is 285 Å². The van der Waals surface area contributed by atoms with Crippen LogP contribution in [0.4, 0.5) is 0 Å². The zero-order chi connectivity index (χ0) is 61.6. The van der Waals surface area contributed by atoms with Gasteiger partial charge in [0.15, 0.2) is 31.5 Å². The molecule has 0 spiro atoms. The summed E-state index contributed by atoms with van der Waals surface area (Å²) in [5.74, 6) is -1.01. The molecule has 9 aliphatic rings. The molecule has 0 amide bonds. The van der Waals surface area contributed by atoms with Crippen LogP contribution in [0.1, 0.15) is 114 Å². The number of rotatable bonds is 16. The molecule has 0 unspecified atom stereocenters. The maximum atomic E-state index is 12.4. The molecule has 0 aromatic carbocycles. The second-order valence-electron chi connectivity index (χ2n) is 26.2. The van der Waals surface area contributed by atoms with Crippen LogP contribution in [-0.2, 0) is 62.0 Å². The Bertz CT molecular complexity index is 2420. The van der Waals surface area contributed by atoms with Gasteiger partial charge in [-0.1, -0.05) is 37.1 Å². The number of allylic oxidation sites excluding steroid dienone is 3. The summed E-state index contributed by atoms with van der Waals surface area (Å²) >= 11 is 0. The van der Waals surface area contributed by atoms with Gasteiger partial charge in [-0.3, -0.25) is 4.18 Å². The Morgan fingerprint density at radius 2 is 1.15 bits per heavy atom. The summed E-state index contributed by atoms with van der Waals surface area (Å²) in [4.78, 5) is 0. The standard InChI is InChI=1S/C56H92O27S.Na/c1-21(2)10-13-34(57)56(9,69)33-12-11-28-27-19-31(30-18-26(83-84(70,71)72)14-16-54(30,7)29(27)15-17-55(28,33)8)78-51-45(68)46(38(61)25(6)76-51)80-52-47(81-49-43(66)40(63)35(58)22(3)74-49)39(62)32(20-73-52)79-53-48(42(65)37(60)24(5)77-53)82-50-44(67)41(64)36(59)23(4)75-50;/h10,15,22-28,30-53,57-69H,11-14,16-20H2,1-9H3,(H,70,71,72);/q;+1/p-1/t22-,23-,24-,25-,26+,27+,28+,30-,31+,32-,33+,34+,35-,36+,37-,38-,39+,40+,41+,42+,43-,44-,45-,46+,47-,48-,49+,50+,51+,52+,53+,54-,55+,56-;/m1./s1. The average Bonchev–Trinajstić information content (AvgIpc) is 1.73. The van der Waals surface area contributed by atoms with Crippen LogP contribution in [0.25, 0.3) is 0 Å². The van der Waals surface area contributed by atoms with Gasteiger partial charge >= 0.3 is 29.6 Å². The zero-order valence-corrected chi connectivity index (χ0v) is 52.7. The van der Waals surface area contributed by atoms with Crippen LogP contribution in [-0.4, -0.2) is 257 Å². The van der Waals surface area contributed by atoms with E-state index in [1.54, 1.807) is 6.92 Å². The van der Waals surface area contributed by atoms with Crippen molar-refractivity contribution in [2.75, 3.05) is 6.61 Å². The molecule has 4 aliphatic carbocycles. The van der Waals surface area contributed by atoms with Gasteiger partial charge in [-0.2, -0.15) is 0 Å². The van der Waals surface area contributed by atoms with Gasteiger partial charge in [-0.05, 0) is 134 Å². The Kier molecular flexibility index (Phi) is 22.5. The molecule has 29 heteroatoms. The first kappa shape index (κ1) is 70.3. The van der Waals surface area contributed by atoms with Crippen molar-refractivity contribution in [3.8, 4) is 0 Å². The van der Waals surface area contributed by atoms with Gasteiger partial charge in [0, 0.05) is 0 Å². The SMILES string of the molecule is CC(C)=CC[C@H](O)[C@](C)(O)[C@H]1CC[C@H]2[C@@H]3C[C@H](O[C@@H]4O[C@H](C)[C@@H](O)[C@H](O[C@@H]5OC[C@@H](O[C@@H]6O[C@H](C)[C@@H](O)[C@H](O)[C@H]6O[C@@H]6O[C@H](C)[C@H](O)[C@H](O)[C@H]6O)[C@H](O)[C@H]5O[C@@H]5O[C@H](C)[C@@H](O)[C@H](O)[C@H]5O)[C@H]4O)[C@H]4C[C@@H](OS(=O)(=O)[O-])CC[C@]4(C)C3=CC[C@]12C.[Na+]. The molecule has 9 rings (SSSR count). The van der Waals surface area contributed by atoms with E-state index in [1.807, 2.05) is 19.9 Å². The van der Waals surface area contributed by atoms with E-state index in [4.69, 9.17) is 51.6 Å². The molecule has 8 fully saturated rings. The number of hydrogen-bond donors (Lipinski definition) is 13. The number of aliphatic hydroxyl groups excluding tert-OH is 12. The van der Waals surface area contributed by atoms with Crippen molar-refractivity contribution >= 4 is 10.4 Å². The maximum Gasteiger partial charge on any atom is 1.00 e. The molecule has 85 heavy (non-hydrogen) atoms. The predicted octanol–water partition coefficient (Wildman–Crippen LogP) is -5.28. The van der Waals surface area contributed by atoms with Crippen molar-refractivity contribution in [3.05, 3.63) is 23.3 Å². The molecule has 3 saturated carbocycles. The Morgan fingerprint density at radius 1 is 0.647 bits per heavy atom. The van der Waals surface area contributed by atoms with Gasteiger partial charge < -0.3 is 118 Å². The quantitative estimate of drug-likeness (QED) is 0.0297. The zero-order valence-electron chi connectivity index (χ0n) is 49.9. The average molecular weight is 1250 g/mol. The normalized spacial score (nSPS) is 51.4. The number of aliphatic hydroxyl groups is 13. The van der Waals surface area contributed by atoms with E-state index < -0.39 is 205 Å². The third-order valence-corrected chi connectivity index (χ3v) is 20.9. The summed E-state index contributed by atoms with van der Waals surface area (Å²) in [6.45, 7) is 14.8. The molecule has 34 atom stereocenters. The Labute approximate surface area is 517 Å². The largest absolute Gasteiger partial charge is 1.00 e. The molecule has 484 valence electrons. The van der Waals surface area contributed by atoms with Crippen molar-refractivity contribution in [1.29, 1.82) is 0 Å². The van der Waals surface area contributed by atoms with Crippen LogP contribution in [0, 0.1) is 34.5 Å². The van der Waals surface area contributed by atoms with Gasteiger partial charge in [0.1, 0.15) is 91.6 Å². The number of fused-ring (bicyclic) bond motifs is 5. The first-order chi connectivity index (χ1) is 39.2. The van der Waals surface area contributed by atoms with Gasteiger partial charge in [0.05, 0.1) is 54.9 Å². The van der Waals surface area contributed by atoms with E-state index >= 15 is 0 Å². The molecule has 5 saturated heterocycles. The Morgan fingerprint density at radius 3 is 1.72 bits per heavy atom. The maximum absolute atomic E-state index is 12.4. The second-order valence-corrected chi connectivity index (χ2v) is 27.2. The van der Waals surface area contributed by atoms with E-state index in [1.165, 1.54) is 27.7 Å². The summed E-state index contributed by atoms with van der Waals surface area (Å²) < 4.78 is 102. The minimum Gasteiger partial charge on any atom is -0.726 e. The van der Waals surface area contributed by atoms with Crippen LogP contribution >= 0.6 is 0 Å². The minimum atomic E-state index is -5.12. The smallest absolute Gasteiger partial charge is 0.726 e. The van der Waals surface area contributed by atoms with E-state index in [-0.39, 0.29) is 66.6 Å². The summed E-state index contributed by atoms with van der Waals surface area (Å²) in [5, 5.41) is 147. The van der Waals surface area contributed by atoms with Crippen molar-refractivity contribution < 1.29 is 160 Å². The predicted molar refractivity (Wildman–Crippen MR) is 283 cm³/mol. The monoisotopic (exact) mass is 1250 g/mol.